The first-order valence-electron chi connectivity index (χ1n) is 0.901. The summed E-state index contributed by atoms with van der Waals surface area (Å²) < 4.78 is 8.28. The predicted molar refractivity (Wildman–Crippen MR) is 17.6 cm³/mol. The van der Waals surface area contributed by atoms with Gasteiger partial charge in [-0.25, -0.2) is 0 Å². The van der Waals surface area contributed by atoms with Gasteiger partial charge in [0.2, 0.25) is 0 Å². The van der Waals surface area contributed by atoms with E-state index in [9.17, 15) is 0 Å². The third kappa shape index (κ3) is 109. The Labute approximate surface area is 93.1 Å². The van der Waals surface area contributed by atoms with Crippen LogP contribution in [0.15, 0.2) is 0 Å². The van der Waals surface area contributed by atoms with Crippen LogP contribution in [0.2, 0.25) is 0 Å². The molecule has 0 unspecified atom stereocenters. The van der Waals surface area contributed by atoms with Gasteiger partial charge in [-0.3, -0.25) is 0 Å². The van der Waals surface area contributed by atoms with Gasteiger partial charge in [-0.05, 0) is 6.16 Å². The summed E-state index contributed by atoms with van der Waals surface area (Å²) in [6.07, 6.45) is -2.33. The van der Waals surface area contributed by atoms with Crippen molar-refractivity contribution >= 4 is 76.7 Å². The maximum absolute atomic E-state index is 8.33. The molecule has 0 saturated heterocycles. The molecule has 0 atom stereocenters. The number of hydrogen-bond donors (Lipinski definition) is 0. The molecule has 0 aliphatic carbocycles. The Morgan fingerprint density at radius 3 is 1.29 bits per heavy atom. The zero-order chi connectivity index (χ0) is 5.58. The molecule has 32 valence electrons. The molecule has 0 heterocycles. The molecule has 6 heteroatoms. The van der Waals surface area contributed by atoms with E-state index >= 15 is 0 Å². The molecule has 0 aliphatic heterocycles. The Balaban J connectivity index is -0.0000000480. The van der Waals surface area contributed by atoms with Crippen molar-refractivity contribution in [1.82, 2.24) is 0 Å². The summed E-state index contributed by atoms with van der Waals surface area (Å²) in [6, 6.07) is 0. The van der Waals surface area contributed by atoms with Gasteiger partial charge in [-0.15, -0.1) is 0 Å². The SMILES string of the molecule is O=C([O-])[O-].[Ba+2].[O]=[Mg]. The van der Waals surface area contributed by atoms with Gasteiger partial charge >= 0.3 is 73.7 Å². The van der Waals surface area contributed by atoms with Gasteiger partial charge in [-0.2, -0.15) is 0 Å². The summed E-state index contributed by atoms with van der Waals surface area (Å²) in [7, 11) is 0. The van der Waals surface area contributed by atoms with Gasteiger partial charge in [0, 0.05) is 0 Å². The first kappa shape index (κ1) is 15.8. The summed E-state index contributed by atoms with van der Waals surface area (Å²) in [5.74, 6) is 0. The molecular weight excluding hydrogens is 238 g/mol. The van der Waals surface area contributed by atoms with Crippen LogP contribution < -0.4 is 10.2 Å². The molecule has 0 spiro atoms. The first-order chi connectivity index (χ1) is 2.73. The second-order valence-corrected chi connectivity index (χ2v) is 0.250. The van der Waals surface area contributed by atoms with E-state index in [1.807, 2.05) is 0 Å². The summed E-state index contributed by atoms with van der Waals surface area (Å²) in [5.41, 5.74) is 0. The van der Waals surface area contributed by atoms with E-state index in [1.165, 1.54) is 0 Å². The Kier molecular flexibility index (Phi) is 35.3. The fourth-order valence-corrected chi connectivity index (χ4v) is 0. The second-order valence-electron chi connectivity index (χ2n) is 0.250. The Hall–Kier alpha value is 1.41. The Morgan fingerprint density at radius 2 is 1.29 bits per heavy atom. The van der Waals surface area contributed by atoms with Crippen LogP contribution in [-0.2, 0) is 3.17 Å². The van der Waals surface area contributed by atoms with E-state index in [4.69, 9.17) is 18.2 Å². The fraction of sp³-hybridized carbons (Fsp3) is 0. The molecule has 0 aromatic carbocycles. The van der Waals surface area contributed by atoms with E-state index in [2.05, 4.69) is 0 Å². The fourth-order valence-electron chi connectivity index (χ4n) is 0. The van der Waals surface area contributed by atoms with Crippen LogP contribution in [0.3, 0.4) is 0 Å². The van der Waals surface area contributed by atoms with Crippen LogP contribution >= 0.6 is 0 Å². The van der Waals surface area contributed by atoms with E-state index in [0.29, 0.717) is 21.7 Å². The zero-order valence-corrected chi connectivity index (χ0v) is 9.40. The Morgan fingerprint density at radius 1 is 1.29 bits per heavy atom. The number of rotatable bonds is 0. The summed E-state index contributed by atoms with van der Waals surface area (Å²) in [5, 5.41) is 16.7. The van der Waals surface area contributed by atoms with Gasteiger partial charge in [0.15, 0.2) is 0 Å². The normalized spacial score (nSPS) is 4.29. The van der Waals surface area contributed by atoms with Crippen LogP contribution in [0.5, 0.6) is 0 Å². The number of carbonyl (C=O) groups excluding carboxylic acids is 1. The molecule has 0 radical (unpaired) electrons. The predicted octanol–water partition coefficient (Wildman–Crippen LogP) is -3.33. The molecule has 0 bridgehead atoms. The Bertz CT molecular complexity index is 43.0. The molecule has 0 aromatic rings. The van der Waals surface area contributed by atoms with Gasteiger partial charge in [0.05, 0.1) is 0 Å². The maximum atomic E-state index is 8.33. The van der Waals surface area contributed by atoms with Gasteiger partial charge < -0.3 is 15.0 Å². The third-order valence-corrected chi connectivity index (χ3v) is 0. The third-order valence-electron chi connectivity index (χ3n) is 0. The summed E-state index contributed by atoms with van der Waals surface area (Å²) >= 11 is 0.611. The van der Waals surface area contributed by atoms with Crippen molar-refractivity contribution in [1.29, 1.82) is 0 Å². The van der Waals surface area contributed by atoms with Crippen LogP contribution in [0.4, 0.5) is 4.79 Å². The van der Waals surface area contributed by atoms with Crippen molar-refractivity contribution in [3.05, 3.63) is 0 Å². The molecule has 0 aromatic heterocycles. The average molecular weight is 238 g/mol. The summed E-state index contributed by atoms with van der Waals surface area (Å²) in [4.78, 5) is 8.33. The standard InChI is InChI=1S/CH2O3.Ba.Mg.O/c2-1(3)4;;;/h(H2,2,3,4);;;/q;+2;;/p-2. The van der Waals surface area contributed by atoms with Gasteiger partial charge in [-0.1, -0.05) is 0 Å². The van der Waals surface area contributed by atoms with Crippen LogP contribution in [0.1, 0.15) is 0 Å². The van der Waals surface area contributed by atoms with Crippen LogP contribution in [0, 0.1) is 0 Å². The topological polar surface area (TPSA) is 80.3 Å². The van der Waals surface area contributed by atoms with Gasteiger partial charge in [0.1, 0.15) is 0 Å². The quantitative estimate of drug-likeness (QED) is 0.413. The van der Waals surface area contributed by atoms with Gasteiger partial charge in [0.25, 0.3) is 0 Å². The number of carboxylic acid groups (broad SMARTS) is 2. The number of carbonyl (C=O) groups is 1. The minimum atomic E-state index is -2.33. The van der Waals surface area contributed by atoms with Crippen LogP contribution in [-0.4, -0.2) is 76.7 Å². The number of hydrogen-bond acceptors (Lipinski definition) is 4. The average Bonchev–Trinajstić information content (AvgIpc) is 1.41. The van der Waals surface area contributed by atoms with Crippen molar-refractivity contribution < 1.29 is 18.2 Å². The molecular formula is CBaMgO4. The molecule has 0 amide bonds. The monoisotopic (exact) mass is 238 g/mol. The first-order valence-corrected chi connectivity index (χ1v) is 1.48. The molecule has 7 heavy (non-hydrogen) atoms. The molecule has 4 nitrogen and oxygen atoms in total. The second kappa shape index (κ2) is 15.7. The van der Waals surface area contributed by atoms with Crippen molar-refractivity contribution in [3.8, 4) is 0 Å². The van der Waals surface area contributed by atoms with Crippen molar-refractivity contribution in [2.45, 2.75) is 0 Å². The van der Waals surface area contributed by atoms with Crippen LogP contribution in [0.25, 0.3) is 0 Å². The zero-order valence-electron chi connectivity index (χ0n) is 3.55. The van der Waals surface area contributed by atoms with Crippen molar-refractivity contribution in [3.63, 3.8) is 0 Å². The molecule has 0 rings (SSSR count). The van der Waals surface area contributed by atoms with E-state index in [0.717, 1.165) is 0 Å². The van der Waals surface area contributed by atoms with Crippen molar-refractivity contribution in [2.75, 3.05) is 0 Å². The van der Waals surface area contributed by atoms with E-state index < -0.39 is 6.16 Å². The molecule has 0 fully saturated rings. The molecule has 0 N–H and O–H groups in total. The molecule has 0 saturated carbocycles. The van der Waals surface area contributed by atoms with Crippen molar-refractivity contribution in [2.24, 2.45) is 0 Å². The van der Waals surface area contributed by atoms with E-state index in [1.54, 1.807) is 0 Å². The summed E-state index contributed by atoms with van der Waals surface area (Å²) in [6.45, 7) is 0. The van der Waals surface area contributed by atoms with E-state index in [-0.39, 0.29) is 48.9 Å². The molecule has 0 aliphatic rings. The minimum absolute atomic E-state index is 0.